The molecule has 0 bridgehead atoms. The van der Waals surface area contributed by atoms with Gasteiger partial charge in [0.05, 0.1) is 31.8 Å². The maximum Gasteiger partial charge on any atom is 0.311 e. The highest BCUT2D eigenvalue weighted by atomic mass is 16.7. The standard InChI is InChI=1S/C43H68O14/c1-38(2)26-9-12-43(7)34(23(46)17-21-22-18-40(4,37(52)53-8)14-13-39(22,3)15-16-42(21,43)6)41(26,5)11-10-27(38)56-35-32(51)30(49)33(25(20-45)55-35)57-36-31(50)29(48)28(47)24(19-44)54-36/h17,22,24-36,44-45,47-51H,9-16,18-20H2,1-8H3/t22-,24+,25+,26-,27-,28+,29-,30+,31+,32+,33+,34+,35-,36-,39+,40-,41-,42+,43+/m0/s1. The summed E-state index contributed by atoms with van der Waals surface area (Å²) in [6.07, 6.45) is -6.39. The Morgan fingerprint density at radius 3 is 2.02 bits per heavy atom. The maximum atomic E-state index is 14.9. The summed E-state index contributed by atoms with van der Waals surface area (Å²) in [4.78, 5) is 27.9. The Labute approximate surface area is 336 Å². The minimum absolute atomic E-state index is 0.0152. The average molecular weight is 809 g/mol. The lowest BCUT2D eigenvalue weighted by Crippen LogP contribution is -2.67. The Morgan fingerprint density at radius 2 is 1.37 bits per heavy atom. The first kappa shape index (κ1) is 43.5. The zero-order chi connectivity index (χ0) is 41.8. The Kier molecular flexibility index (Phi) is 11.3. The molecule has 324 valence electrons. The summed E-state index contributed by atoms with van der Waals surface area (Å²) < 4.78 is 29.1. The van der Waals surface area contributed by atoms with Crippen LogP contribution in [-0.4, -0.2) is 135 Å². The molecule has 0 aromatic carbocycles. The van der Waals surface area contributed by atoms with E-state index >= 15 is 0 Å². The fourth-order valence-electron chi connectivity index (χ4n) is 13.7. The summed E-state index contributed by atoms with van der Waals surface area (Å²) in [5.74, 6) is -0.0460. The number of ketones is 1. The van der Waals surface area contributed by atoms with Gasteiger partial charge in [0.1, 0.15) is 48.8 Å². The van der Waals surface area contributed by atoms with Crippen LogP contribution in [0.3, 0.4) is 0 Å². The van der Waals surface area contributed by atoms with E-state index in [4.69, 9.17) is 23.7 Å². The molecule has 5 aliphatic carbocycles. The smallest absolute Gasteiger partial charge is 0.311 e. The van der Waals surface area contributed by atoms with E-state index in [2.05, 4.69) is 41.5 Å². The van der Waals surface area contributed by atoms with Gasteiger partial charge in [-0.1, -0.05) is 47.1 Å². The van der Waals surface area contributed by atoms with Crippen LogP contribution in [0.1, 0.15) is 106 Å². The van der Waals surface area contributed by atoms with Crippen molar-refractivity contribution in [3.8, 4) is 0 Å². The van der Waals surface area contributed by atoms with Crippen LogP contribution in [0.2, 0.25) is 0 Å². The van der Waals surface area contributed by atoms with Gasteiger partial charge in [0.2, 0.25) is 0 Å². The molecule has 14 heteroatoms. The second kappa shape index (κ2) is 14.8. The van der Waals surface area contributed by atoms with Crippen molar-refractivity contribution in [3.05, 3.63) is 11.6 Å². The van der Waals surface area contributed by atoms with Gasteiger partial charge in [-0.15, -0.1) is 0 Å². The van der Waals surface area contributed by atoms with Gasteiger partial charge in [0.15, 0.2) is 18.4 Å². The number of carbonyl (C=O) groups is 2. The largest absolute Gasteiger partial charge is 0.469 e. The molecule has 0 spiro atoms. The highest BCUT2D eigenvalue weighted by Crippen LogP contribution is 2.75. The lowest BCUT2D eigenvalue weighted by Gasteiger charge is -2.70. The van der Waals surface area contributed by atoms with Gasteiger partial charge in [0.25, 0.3) is 0 Å². The number of esters is 1. The number of methoxy groups -OCH3 is 1. The molecule has 2 saturated heterocycles. The molecule has 7 rings (SSSR count). The summed E-state index contributed by atoms with van der Waals surface area (Å²) in [5, 5.41) is 73.5. The first-order valence-electron chi connectivity index (χ1n) is 21.1. The molecule has 2 aliphatic heterocycles. The van der Waals surface area contributed by atoms with Gasteiger partial charge in [0, 0.05) is 5.92 Å². The molecule has 0 aromatic rings. The number of aliphatic hydroxyl groups is 7. The predicted octanol–water partition coefficient (Wildman–Crippen LogP) is 2.15. The minimum atomic E-state index is -1.76. The van der Waals surface area contributed by atoms with Gasteiger partial charge in [-0.2, -0.15) is 0 Å². The summed E-state index contributed by atoms with van der Waals surface area (Å²) in [6.45, 7) is 14.3. The van der Waals surface area contributed by atoms with Crippen molar-refractivity contribution in [2.45, 2.75) is 174 Å². The lowest BCUT2D eigenvalue weighted by atomic mass is 9.33. The van der Waals surface area contributed by atoms with E-state index in [9.17, 15) is 45.3 Å². The fraction of sp³-hybridized carbons (Fsp3) is 0.907. The van der Waals surface area contributed by atoms with E-state index in [1.807, 2.05) is 13.0 Å². The van der Waals surface area contributed by atoms with Crippen molar-refractivity contribution in [3.63, 3.8) is 0 Å². The molecule has 7 aliphatic rings. The van der Waals surface area contributed by atoms with Crippen molar-refractivity contribution < 1.29 is 69.0 Å². The lowest BCUT2D eigenvalue weighted by molar-refractivity contribution is -0.368. The molecule has 0 unspecified atom stereocenters. The SMILES string of the molecule is COC(=O)[C@@]1(C)CC[C@]2(C)CC[C@]3(C)C(=CC(=O)[C@@H]4[C@@]5(C)CC[C@H](O[C@@H]6O[C@H](CO)[C@@H](O[C@@H]7O[C@H](CO)[C@@H](O)[C@H](O)[C@H]7O)[C@H](O)[C@H]6O)C(C)(C)[C@@H]5CC[C@]43C)[C@@H]2C1. The summed E-state index contributed by atoms with van der Waals surface area (Å²) >= 11 is 0. The van der Waals surface area contributed by atoms with Crippen LogP contribution in [0.4, 0.5) is 0 Å². The highest BCUT2D eigenvalue weighted by Gasteiger charge is 2.71. The number of hydrogen-bond acceptors (Lipinski definition) is 14. The molecular weight excluding hydrogens is 740 g/mol. The molecule has 0 aromatic heterocycles. The van der Waals surface area contributed by atoms with E-state index in [0.717, 1.165) is 38.5 Å². The number of hydrogen-bond donors (Lipinski definition) is 7. The van der Waals surface area contributed by atoms with Crippen molar-refractivity contribution in [2.75, 3.05) is 20.3 Å². The average Bonchev–Trinajstić information content (AvgIpc) is 3.16. The van der Waals surface area contributed by atoms with Crippen LogP contribution < -0.4 is 0 Å². The van der Waals surface area contributed by atoms with Crippen molar-refractivity contribution >= 4 is 11.8 Å². The molecule has 57 heavy (non-hydrogen) atoms. The summed E-state index contributed by atoms with van der Waals surface area (Å²) in [6, 6.07) is 0. The van der Waals surface area contributed by atoms with Crippen LogP contribution in [0.5, 0.6) is 0 Å². The molecule has 14 nitrogen and oxygen atoms in total. The Balaban J connectivity index is 1.10. The first-order valence-corrected chi connectivity index (χ1v) is 21.1. The van der Waals surface area contributed by atoms with Crippen molar-refractivity contribution in [1.82, 2.24) is 0 Å². The van der Waals surface area contributed by atoms with Crippen LogP contribution in [0.15, 0.2) is 11.6 Å². The first-order chi connectivity index (χ1) is 26.6. The van der Waals surface area contributed by atoms with E-state index in [1.54, 1.807) is 0 Å². The maximum absolute atomic E-state index is 14.9. The zero-order valence-electron chi connectivity index (χ0n) is 34.9. The van der Waals surface area contributed by atoms with Gasteiger partial charge < -0.3 is 59.4 Å². The van der Waals surface area contributed by atoms with E-state index in [1.165, 1.54) is 12.7 Å². The monoisotopic (exact) mass is 808 g/mol. The van der Waals surface area contributed by atoms with Gasteiger partial charge in [-0.25, -0.2) is 0 Å². The van der Waals surface area contributed by atoms with E-state index in [0.29, 0.717) is 19.3 Å². The van der Waals surface area contributed by atoms with Crippen molar-refractivity contribution in [1.29, 1.82) is 0 Å². The fourth-order valence-corrected chi connectivity index (χ4v) is 13.7. The predicted molar refractivity (Wildman–Crippen MR) is 203 cm³/mol. The van der Waals surface area contributed by atoms with Gasteiger partial charge in [-0.3, -0.25) is 9.59 Å². The number of aliphatic hydroxyl groups excluding tert-OH is 7. The quantitative estimate of drug-likeness (QED) is 0.145. The zero-order valence-corrected chi connectivity index (χ0v) is 34.9. The van der Waals surface area contributed by atoms with Crippen LogP contribution >= 0.6 is 0 Å². The van der Waals surface area contributed by atoms with Crippen LogP contribution in [0, 0.1) is 50.2 Å². The van der Waals surface area contributed by atoms with Crippen LogP contribution in [-0.2, 0) is 33.3 Å². The molecule has 4 saturated carbocycles. The number of rotatable bonds is 7. The number of allylic oxidation sites excluding steroid dienone is 2. The van der Waals surface area contributed by atoms with Crippen molar-refractivity contribution in [2.24, 2.45) is 50.2 Å². The topological polar surface area (TPSA) is 222 Å². The number of fused-ring (bicyclic) bond motifs is 7. The van der Waals surface area contributed by atoms with E-state index < -0.39 is 91.6 Å². The molecule has 19 atom stereocenters. The third kappa shape index (κ3) is 6.44. The third-order valence-electron chi connectivity index (χ3n) is 17.5. The summed E-state index contributed by atoms with van der Waals surface area (Å²) in [5.41, 5.74) is -0.742. The Morgan fingerprint density at radius 1 is 0.754 bits per heavy atom. The molecule has 0 radical (unpaired) electrons. The number of carbonyl (C=O) groups excluding carboxylic acids is 2. The second-order valence-electron chi connectivity index (χ2n) is 20.7. The molecule has 6 fully saturated rings. The van der Waals surface area contributed by atoms with E-state index in [-0.39, 0.29) is 51.2 Å². The van der Waals surface area contributed by atoms with Gasteiger partial charge >= 0.3 is 5.97 Å². The molecular formula is C43H68O14. The van der Waals surface area contributed by atoms with Gasteiger partial charge in [-0.05, 0) is 110 Å². The minimum Gasteiger partial charge on any atom is -0.469 e. The normalized spacial score (nSPS) is 53.4. The third-order valence-corrected chi connectivity index (χ3v) is 17.5. The Hall–Kier alpha value is -1.56. The van der Waals surface area contributed by atoms with Crippen LogP contribution in [0.25, 0.3) is 0 Å². The molecule has 7 N–H and O–H groups in total. The Bertz CT molecular complexity index is 1580. The molecule has 2 heterocycles. The highest BCUT2D eigenvalue weighted by molar-refractivity contribution is 5.95. The second-order valence-corrected chi connectivity index (χ2v) is 20.7. The summed E-state index contributed by atoms with van der Waals surface area (Å²) in [7, 11) is 1.46. The number of ether oxygens (including phenoxy) is 5. The molecule has 0 amide bonds.